The number of anilines is 1. The molecule has 28 heavy (non-hydrogen) atoms. The highest BCUT2D eigenvalue weighted by Crippen LogP contribution is 2.21. The molecule has 2 aromatic heterocycles. The molecule has 0 radical (unpaired) electrons. The average molecular weight is 377 g/mol. The van der Waals surface area contributed by atoms with E-state index in [1.54, 1.807) is 0 Å². The number of carbonyl (C=O) groups excluding carboxylic acids is 1. The number of fused-ring (bicyclic) bond motifs is 1. The third kappa shape index (κ3) is 3.87. The fraction of sp³-hybridized carbons (Fsp3) is 0.364. The van der Waals surface area contributed by atoms with Crippen molar-refractivity contribution in [3.05, 3.63) is 58.9 Å². The van der Waals surface area contributed by atoms with Crippen LogP contribution in [0.1, 0.15) is 27.2 Å². The van der Waals surface area contributed by atoms with Crippen molar-refractivity contribution in [2.45, 2.75) is 20.4 Å². The van der Waals surface area contributed by atoms with Gasteiger partial charge in [-0.15, -0.1) is 0 Å². The number of piperazine rings is 1. The number of nitrogens with one attached hydrogen (secondary N) is 2. The molecule has 3 heterocycles. The first-order valence-electron chi connectivity index (χ1n) is 9.76. The van der Waals surface area contributed by atoms with Crippen LogP contribution in [0.25, 0.3) is 10.9 Å². The summed E-state index contributed by atoms with van der Waals surface area (Å²) in [6.45, 7) is 8.70. The molecule has 1 aromatic carbocycles. The number of H-pyrrole nitrogens is 1. The maximum absolute atomic E-state index is 12.6. The van der Waals surface area contributed by atoms with Gasteiger partial charge in [0.25, 0.3) is 5.91 Å². The number of pyridine rings is 1. The molecule has 1 fully saturated rings. The number of aromatic nitrogens is 2. The summed E-state index contributed by atoms with van der Waals surface area (Å²) < 4.78 is 0. The number of benzene rings is 1. The van der Waals surface area contributed by atoms with Gasteiger partial charge in [-0.25, -0.2) is 4.98 Å². The molecular weight excluding hydrogens is 350 g/mol. The van der Waals surface area contributed by atoms with Crippen LogP contribution in [0.5, 0.6) is 0 Å². The molecule has 1 saturated heterocycles. The van der Waals surface area contributed by atoms with Crippen molar-refractivity contribution in [2.24, 2.45) is 0 Å². The first-order valence-corrected chi connectivity index (χ1v) is 9.76. The molecule has 1 aliphatic rings. The lowest BCUT2D eigenvalue weighted by atomic mass is 10.1. The summed E-state index contributed by atoms with van der Waals surface area (Å²) in [6.07, 6.45) is 1.85. The average Bonchev–Trinajstić information content (AvgIpc) is 3.12. The van der Waals surface area contributed by atoms with Crippen LogP contribution in [0, 0.1) is 13.8 Å². The number of hydrogen-bond acceptors (Lipinski definition) is 4. The van der Waals surface area contributed by atoms with Gasteiger partial charge >= 0.3 is 0 Å². The molecule has 4 rings (SSSR count). The van der Waals surface area contributed by atoms with E-state index in [2.05, 4.69) is 58.1 Å². The van der Waals surface area contributed by atoms with Crippen LogP contribution >= 0.6 is 0 Å². The van der Waals surface area contributed by atoms with Crippen LogP contribution in [0.2, 0.25) is 0 Å². The zero-order chi connectivity index (χ0) is 19.7. The summed E-state index contributed by atoms with van der Waals surface area (Å²) in [5.74, 6) is 0.904. The Balaban J connectivity index is 1.39. The second kappa shape index (κ2) is 7.64. The Kier molecular flexibility index (Phi) is 5.05. The van der Waals surface area contributed by atoms with Gasteiger partial charge in [0.2, 0.25) is 0 Å². The van der Waals surface area contributed by atoms with E-state index in [-0.39, 0.29) is 5.91 Å². The van der Waals surface area contributed by atoms with E-state index in [1.807, 2.05) is 24.4 Å². The Hall–Kier alpha value is -2.86. The second-order valence-electron chi connectivity index (χ2n) is 7.72. The van der Waals surface area contributed by atoms with E-state index in [4.69, 9.17) is 0 Å². The number of nitrogens with zero attached hydrogens (tertiary/aromatic N) is 3. The molecule has 3 aromatic rings. The monoisotopic (exact) mass is 377 g/mol. The van der Waals surface area contributed by atoms with Crippen molar-refractivity contribution in [1.29, 1.82) is 0 Å². The number of amides is 1. The second-order valence-corrected chi connectivity index (χ2v) is 7.72. The standard InChI is InChI=1S/C22H27N5O/c1-15-10-16(2)18-12-20(25-19(18)11-15)22(28)24-14-17-4-5-21(23-13-17)27-8-6-26(3)7-9-27/h4-5,10-13,25H,6-9,14H2,1-3H3,(H,24,28). The molecule has 6 nitrogen and oxygen atoms in total. The van der Waals surface area contributed by atoms with Gasteiger partial charge in [-0.1, -0.05) is 12.1 Å². The van der Waals surface area contributed by atoms with E-state index < -0.39 is 0 Å². The van der Waals surface area contributed by atoms with E-state index in [0.717, 1.165) is 48.5 Å². The Morgan fingerprint density at radius 2 is 1.93 bits per heavy atom. The first-order chi connectivity index (χ1) is 13.5. The smallest absolute Gasteiger partial charge is 0.267 e. The Morgan fingerprint density at radius 3 is 2.64 bits per heavy atom. The molecule has 6 heteroatoms. The molecule has 2 N–H and O–H groups in total. The third-order valence-corrected chi connectivity index (χ3v) is 5.42. The normalized spacial score (nSPS) is 15.2. The van der Waals surface area contributed by atoms with Gasteiger partial charge in [-0.2, -0.15) is 0 Å². The predicted molar refractivity (Wildman–Crippen MR) is 113 cm³/mol. The molecule has 146 valence electrons. The quantitative estimate of drug-likeness (QED) is 0.734. The minimum Gasteiger partial charge on any atom is -0.354 e. The zero-order valence-electron chi connectivity index (χ0n) is 16.7. The molecule has 1 aliphatic heterocycles. The summed E-state index contributed by atoms with van der Waals surface area (Å²) in [5, 5.41) is 4.08. The Morgan fingerprint density at radius 1 is 1.14 bits per heavy atom. The summed E-state index contributed by atoms with van der Waals surface area (Å²) in [4.78, 5) is 25.0. The Bertz CT molecular complexity index is 984. The number of carbonyl (C=O) groups is 1. The van der Waals surface area contributed by atoms with Crippen molar-refractivity contribution in [3.8, 4) is 0 Å². The van der Waals surface area contributed by atoms with Crippen LogP contribution in [0.15, 0.2) is 36.5 Å². The summed E-state index contributed by atoms with van der Waals surface area (Å²) >= 11 is 0. The lowest BCUT2D eigenvalue weighted by Gasteiger charge is -2.33. The maximum atomic E-state index is 12.6. The maximum Gasteiger partial charge on any atom is 0.267 e. The number of aryl methyl sites for hydroxylation is 2. The summed E-state index contributed by atoms with van der Waals surface area (Å²) in [6, 6.07) is 10.2. The van der Waals surface area contributed by atoms with Gasteiger partial charge in [0.05, 0.1) is 0 Å². The minimum atomic E-state index is -0.101. The summed E-state index contributed by atoms with van der Waals surface area (Å²) in [7, 11) is 2.15. The fourth-order valence-electron chi connectivity index (χ4n) is 3.74. The predicted octanol–water partition coefficient (Wildman–Crippen LogP) is 2.86. The number of hydrogen-bond donors (Lipinski definition) is 2. The molecule has 0 aliphatic carbocycles. The molecule has 1 amide bonds. The molecule has 0 bridgehead atoms. The van der Waals surface area contributed by atoms with Crippen LogP contribution in [0.4, 0.5) is 5.82 Å². The SMILES string of the molecule is Cc1cc(C)c2cc(C(=O)NCc3ccc(N4CCN(C)CC4)nc3)[nH]c2c1. The van der Waals surface area contributed by atoms with Crippen LogP contribution in [-0.4, -0.2) is 54.0 Å². The number of aromatic amines is 1. The molecule has 0 atom stereocenters. The van der Waals surface area contributed by atoms with E-state index in [1.165, 1.54) is 11.1 Å². The van der Waals surface area contributed by atoms with Crippen LogP contribution in [-0.2, 0) is 6.54 Å². The fourth-order valence-corrected chi connectivity index (χ4v) is 3.74. The van der Waals surface area contributed by atoms with E-state index in [9.17, 15) is 4.79 Å². The van der Waals surface area contributed by atoms with Crippen molar-refractivity contribution in [2.75, 3.05) is 38.1 Å². The highest BCUT2D eigenvalue weighted by Gasteiger charge is 2.15. The number of likely N-dealkylation sites (N-methyl/N-ethyl adjacent to an activating group) is 1. The number of rotatable bonds is 4. The topological polar surface area (TPSA) is 64.3 Å². The molecule has 0 spiro atoms. The van der Waals surface area contributed by atoms with Crippen molar-refractivity contribution < 1.29 is 4.79 Å². The lowest BCUT2D eigenvalue weighted by molar-refractivity contribution is 0.0946. The van der Waals surface area contributed by atoms with Gasteiger partial charge in [-0.05, 0) is 55.8 Å². The highest BCUT2D eigenvalue weighted by atomic mass is 16.1. The van der Waals surface area contributed by atoms with Gasteiger partial charge in [-0.3, -0.25) is 4.79 Å². The van der Waals surface area contributed by atoms with Crippen molar-refractivity contribution >= 4 is 22.6 Å². The van der Waals surface area contributed by atoms with Gasteiger partial charge in [0.1, 0.15) is 11.5 Å². The van der Waals surface area contributed by atoms with Gasteiger partial charge in [0, 0.05) is 49.8 Å². The van der Waals surface area contributed by atoms with Gasteiger partial charge < -0.3 is 20.1 Å². The van der Waals surface area contributed by atoms with Crippen LogP contribution < -0.4 is 10.2 Å². The van der Waals surface area contributed by atoms with Crippen LogP contribution in [0.3, 0.4) is 0 Å². The largest absolute Gasteiger partial charge is 0.354 e. The van der Waals surface area contributed by atoms with E-state index in [0.29, 0.717) is 12.2 Å². The highest BCUT2D eigenvalue weighted by molar-refractivity contribution is 5.98. The Labute approximate surface area is 165 Å². The molecular formula is C22H27N5O. The third-order valence-electron chi connectivity index (χ3n) is 5.42. The lowest BCUT2D eigenvalue weighted by Crippen LogP contribution is -2.44. The molecule has 0 unspecified atom stereocenters. The van der Waals surface area contributed by atoms with Gasteiger partial charge in [0.15, 0.2) is 0 Å². The van der Waals surface area contributed by atoms with E-state index >= 15 is 0 Å². The van der Waals surface area contributed by atoms with Crippen molar-refractivity contribution in [3.63, 3.8) is 0 Å². The summed E-state index contributed by atoms with van der Waals surface area (Å²) in [5.41, 5.74) is 4.94. The minimum absolute atomic E-state index is 0.101. The molecule has 0 saturated carbocycles. The zero-order valence-corrected chi connectivity index (χ0v) is 16.7. The first kappa shape index (κ1) is 18.5. The van der Waals surface area contributed by atoms with Crippen molar-refractivity contribution in [1.82, 2.24) is 20.2 Å².